The van der Waals surface area contributed by atoms with Crippen LogP contribution in [-0.2, 0) is 0 Å². The molecule has 0 aromatic heterocycles. The average molecular weight is 157 g/mol. The van der Waals surface area contributed by atoms with Gasteiger partial charge in [0.25, 0.3) is 0 Å². The smallest absolute Gasteiger partial charge is 0.0137 e. The van der Waals surface area contributed by atoms with Gasteiger partial charge in [0.2, 0.25) is 0 Å². The Morgan fingerprint density at radius 2 is 2.40 bits per heavy atom. The van der Waals surface area contributed by atoms with Gasteiger partial charge in [-0.3, -0.25) is 0 Å². The normalized spacial score (nSPS) is 18.5. The Labute approximate surface area is 67.3 Å². The molecular weight excluding hydrogens is 142 g/mol. The third kappa shape index (κ3) is 2.76. The van der Waals surface area contributed by atoms with Crippen molar-refractivity contribution in [3.8, 4) is 0 Å². The number of thioether (sulfide) groups is 1. The van der Waals surface area contributed by atoms with Crippen molar-refractivity contribution in [3.05, 3.63) is 12.2 Å². The Morgan fingerprint density at radius 3 is 2.80 bits per heavy atom. The van der Waals surface area contributed by atoms with Gasteiger partial charge in [-0.1, -0.05) is 12.2 Å². The van der Waals surface area contributed by atoms with Gasteiger partial charge in [0, 0.05) is 5.75 Å². The summed E-state index contributed by atoms with van der Waals surface area (Å²) in [5.41, 5.74) is 1.29. The lowest BCUT2D eigenvalue weighted by Crippen LogP contribution is -2.43. The van der Waals surface area contributed by atoms with Crippen LogP contribution in [0.5, 0.6) is 0 Å². The Morgan fingerprint density at radius 1 is 1.70 bits per heavy atom. The van der Waals surface area contributed by atoms with Gasteiger partial charge in [-0.2, -0.15) is 11.8 Å². The fourth-order valence-electron chi connectivity index (χ4n) is 0.866. The highest BCUT2D eigenvalue weighted by molar-refractivity contribution is 7.99. The highest BCUT2D eigenvalue weighted by atomic mass is 32.2. The van der Waals surface area contributed by atoms with Gasteiger partial charge in [0.1, 0.15) is 0 Å². The van der Waals surface area contributed by atoms with E-state index in [1.54, 1.807) is 0 Å². The first kappa shape index (κ1) is 8.15. The van der Waals surface area contributed by atoms with Gasteiger partial charge in [-0.15, -0.1) is 0 Å². The molecule has 1 N–H and O–H groups in total. The Balaban J connectivity index is 1.89. The second kappa shape index (κ2) is 4.04. The van der Waals surface area contributed by atoms with E-state index in [0.717, 1.165) is 11.7 Å². The van der Waals surface area contributed by atoms with Crippen LogP contribution in [0, 0.1) is 5.92 Å². The molecule has 1 fully saturated rings. The lowest BCUT2D eigenvalue weighted by molar-refractivity contribution is 0.385. The molecule has 1 aliphatic heterocycles. The molecule has 1 saturated heterocycles. The molecule has 0 aromatic rings. The lowest BCUT2D eigenvalue weighted by atomic mass is 10.1. The summed E-state index contributed by atoms with van der Waals surface area (Å²) in [4.78, 5) is 0. The summed E-state index contributed by atoms with van der Waals surface area (Å²) >= 11 is 2.01. The fraction of sp³-hybridized carbons (Fsp3) is 0.750. The Kier molecular flexibility index (Phi) is 3.29. The van der Waals surface area contributed by atoms with Crippen LogP contribution in [0.4, 0.5) is 0 Å². The van der Waals surface area contributed by atoms with Crippen molar-refractivity contribution in [2.45, 2.75) is 6.92 Å². The van der Waals surface area contributed by atoms with E-state index in [0.29, 0.717) is 0 Å². The van der Waals surface area contributed by atoms with Gasteiger partial charge >= 0.3 is 0 Å². The molecule has 0 aromatic carbocycles. The van der Waals surface area contributed by atoms with Crippen LogP contribution in [0.3, 0.4) is 0 Å². The zero-order valence-corrected chi connectivity index (χ0v) is 7.34. The fourth-order valence-corrected chi connectivity index (χ4v) is 1.90. The first-order valence-corrected chi connectivity index (χ1v) is 4.87. The van der Waals surface area contributed by atoms with Gasteiger partial charge in [0.15, 0.2) is 0 Å². The van der Waals surface area contributed by atoms with E-state index in [4.69, 9.17) is 0 Å². The highest BCUT2D eigenvalue weighted by Gasteiger charge is 2.15. The molecule has 1 rings (SSSR count). The number of hydrogen-bond donors (Lipinski definition) is 1. The molecule has 1 heterocycles. The van der Waals surface area contributed by atoms with Crippen LogP contribution in [0.25, 0.3) is 0 Å². The van der Waals surface area contributed by atoms with Crippen LogP contribution in [0.1, 0.15) is 6.92 Å². The molecule has 1 aliphatic rings. The predicted octanol–water partition coefficient (Wildman–Crippen LogP) is 1.52. The van der Waals surface area contributed by atoms with Crippen LogP contribution in [-0.4, -0.2) is 24.6 Å². The predicted molar refractivity (Wildman–Crippen MR) is 48.5 cm³/mol. The molecule has 0 bridgehead atoms. The average Bonchev–Trinajstić information content (AvgIpc) is 1.75. The van der Waals surface area contributed by atoms with Gasteiger partial charge in [0.05, 0.1) is 0 Å². The van der Waals surface area contributed by atoms with E-state index in [1.165, 1.54) is 24.4 Å². The maximum Gasteiger partial charge on any atom is 0.0137 e. The van der Waals surface area contributed by atoms with Crippen molar-refractivity contribution in [1.29, 1.82) is 0 Å². The quantitative estimate of drug-likeness (QED) is 0.621. The van der Waals surface area contributed by atoms with Gasteiger partial charge in [-0.25, -0.2) is 0 Å². The summed E-state index contributed by atoms with van der Waals surface area (Å²) in [5.74, 6) is 3.38. The van der Waals surface area contributed by atoms with Crippen molar-refractivity contribution < 1.29 is 0 Å². The Hall–Kier alpha value is 0.0500. The second-order valence-corrected chi connectivity index (χ2v) is 4.03. The summed E-state index contributed by atoms with van der Waals surface area (Å²) in [6.07, 6.45) is 0. The number of nitrogens with one attached hydrogen (secondary N) is 1. The summed E-state index contributed by atoms with van der Waals surface area (Å²) in [5, 5.41) is 3.26. The van der Waals surface area contributed by atoms with Crippen LogP contribution in [0.15, 0.2) is 12.2 Å². The molecule has 0 radical (unpaired) electrons. The molecule has 0 amide bonds. The highest BCUT2D eigenvalue weighted by Crippen LogP contribution is 2.13. The SMILES string of the molecule is C=C(C)CSCC1CNC1. The van der Waals surface area contributed by atoms with E-state index in [-0.39, 0.29) is 0 Å². The Bertz CT molecular complexity index is 118. The monoisotopic (exact) mass is 157 g/mol. The molecule has 0 aliphatic carbocycles. The zero-order valence-electron chi connectivity index (χ0n) is 6.52. The summed E-state index contributed by atoms with van der Waals surface area (Å²) in [7, 11) is 0. The lowest BCUT2D eigenvalue weighted by Gasteiger charge is -2.26. The molecule has 0 spiro atoms. The first-order valence-electron chi connectivity index (χ1n) is 3.72. The molecule has 58 valence electrons. The van der Waals surface area contributed by atoms with E-state index in [1.807, 2.05) is 11.8 Å². The molecule has 0 unspecified atom stereocenters. The minimum atomic E-state index is 0.935. The van der Waals surface area contributed by atoms with E-state index >= 15 is 0 Å². The molecule has 0 saturated carbocycles. The molecule has 2 heteroatoms. The van der Waals surface area contributed by atoms with Gasteiger partial charge in [-0.05, 0) is 31.7 Å². The first-order chi connectivity index (χ1) is 4.79. The van der Waals surface area contributed by atoms with Crippen molar-refractivity contribution in [2.24, 2.45) is 5.92 Å². The molecule has 0 atom stereocenters. The number of rotatable bonds is 4. The van der Waals surface area contributed by atoms with Crippen LogP contribution in [0.2, 0.25) is 0 Å². The van der Waals surface area contributed by atoms with Crippen molar-refractivity contribution >= 4 is 11.8 Å². The molecular formula is C8H15NS. The van der Waals surface area contributed by atoms with Crippen molar-refractivity contribution in [2.75, 3.05) is 24.6 Å². The second-order valence-electron chi connectivity index (χ2n) is 3.00. The third-order valence-electron chi connectivity index (χ3n) is 1.57. The third-order valence-corrected chi connectivity index (χ3v) is 2.97. The molecule has 1 nitrogen and oxygen atoms in total. The largest absolute Gasteiger partial charge is 0.316 e. The standard InChI is InChI=1S/C8H15NS/c1-7(2)5-10-6-8-3-9-4-8/h8-9H,1,3-6H2,2H3. The summed E-state index contributed by atoms with van der Waals surface area (Å²) in [6.45, 7) is 8.40. The number of hydrogen-bond acceptors (Lipinski definition) is 2. The maximum absolute atomic E-state index is 3.86. The molecule has 10 heavy (non-hydrogen) atoms. The minimum absolute atomic E-state index is 0.935. The van der Waals surface area contributed by atoms with E-state index in [2.05, 4.69) is 18.8 Å². The van der Waals surface area contributed by atoms with E-state index in [9.17, 15) is 0 Å². The van der Waals surface area contributed by atoms with Crippen molar-refractivity contribution in [1.82, 2.24) is 5.32 Å². The van der Waals surface area contributed by atoms with Crippen LogP contribution < -0.4 is 5.32 Å². The minimum Gasteiger partial charge on any atom is -0.316 e. The van der Waals surface area contributed by atoms with Gasteiger partial charge < -0.3 is 5.32 Å². The summed E-state index contributed by atoms with van der Waals surface area (Å²) in [6, 6.07) is 0. The zero-order chi connectivity index (χ0) is 7.40. The van der Waals surface area contributed by atoms with E-state index < -0.39 is 0 Å². The van der Waals surface area contributed by atoms with Crippen LogP contribution >= 0.6 is 11.8 Å². The maximum atomic E-state index is 3.86. The topological polar surface area (TPSA) is 12.0 Å². The van der Waals surface area contributed by atoms with Crippen molar-refractivity contribution in [3.63, 3.8) is 0 Å². The summed E-state index contributed by atoms with van der Waals surface area (Å²) < 4.78 is 0.